The van der Waals surface area contributed by atoms with Crippen molar-refractivity contribution in [1.29, 1.82) is 0 Å². The summed E-state index contributed by atoms with van der Waals surface area (Å²) in [7, 11) is 0. The van der Waals surface area contributed by atoms with Gasteiger partial charge in [-0.25, -0.2) is 4.68 Å². The van der Waals surface area contributed by atoms with E-state index in [1.54, 1.807) is 27.7 Å². The Kier molecular flexibility index (Phi) is 3.21. The first-order chi connectivity index (χ1) is 7.16. The maximum Gasteiger partial charge on any atom is 0.435 e. The van der Waals surface area contributed by atoms with Crippen LogP contribution in [0.4, 0.5) is 13.2 Å². The molecule has 1 rings (SSSR count). The van der Waals surface area contributed by atoms with Crippen molar-refractivity contribution in [3.05, 3.63) is 11.8 Å². The molecule has 92 valence electrons. The standard InChI is InChI=1S/C10H15F3N2O/c1-5-16-8-6-7(10(11,12)13)14-15(8)9(2,3)4/h6H,5H2,1-4H3. The molecule has 0 fully saturated rings. The van der Waals surface area contributed by atoms with Gasteiger partial charge in [0, 0.05) is 6.07 Å². The average Bonchev–Trinajstić information content (AvgIpc) is 2.46. The number of rotatable bonds is 2. The van der Waals surface area contributed by atoms with Gasteiger partial charge >= 0.3 is 6.18 Å². The maximum atomic E-state index is 12.5. The number of ether oxygens (including phenoxy) is 1. The minimum Gasteiger partial charge on any atom is -0.478 e. The molecular formula is C10H15F3N2O. The minimum atomic E-state index is -4.44. The third-order valence-corrected chi connectivity index (χ3v) is 1.89. The van der Waals surface area contributed by atoms with Crippen LogP contribution in [-0.4, -0.2) is 16.4 Å². The smallest absolute Gasteiger partial charge is 0.435 e. The van der Waals surface area contributed by atoms with Crippen LogP contribution >= 0.6 is 0 Å². The zero-order chi connectivity index (χ0) is 12.6. The summed E-state index contributed by atoms with van der Waals surface area (Å²) >= 11 is 0. The van der Waals surface area contributed by atoms with E-state index in [9.17, 15) is 13.2 Å². The first-order valence-corrected chi connectivity index (χ1v) is 4.97. The second-order valence-electron chi connectivity index (χ2n) is 4.38. The summed E-state index contributed by atoms with van der Waals surface area (Å²) in [5.41, 5.74) is -1.47. The van der Waals surface area contributed by atoms with E-state index in [1.807, 2.05) is 0 Å². The van der Waals surface area contributed by atoms with Crippen LogP contribution in [0.2, 0.25) is 0 Å². The summed E-state index contributed by atoms with van der Waals surface area (Å²) in [6, 6.07) is 0.925. The highest BCUT2D eigenvalue weighted by atomic mass is 19.4. The third kappa shape index (κ3) is 2.68. The molecule has 0 unspecified atom stereocenters. The molecule has 0 aliphatic rings. The lowest BCUT2D eigenvalue weighted by Gasteiger charge is -2.21. The van der Waals surface area contributed by atoms with Gasteiger partial charge in [-0.1, -0.05) is 0 Å². The topological polar surface area (TPSA) is 27.1 Å². The van der Waals surface area contributed by atoms with Gasteiger partial charge in [-0.15, -0.1) is 0 Å². The molecule has 0 aliphatic heterocycles. The first-order valence-electron chi connectivity index (χ1n) is 4.97. The number of nitrogens with zero attached hydrogens (tertiary/aromatic N) is 2. The largest absolute Gasteiger partial charge is 0.478 e. The zero-order valence-electron chi connectivity index (χ0n) is 9.72. The monoisotopic (exact) mass is 236 g/mol. The molecule has 0 atom stereocenters. The Bertz CT molecular complexity index is 363. The van der Waals surface area contributed by atoms with Crippen molar-refractivity contribution in [1.82, 2.24) is 9.78 Å². The molecule has 0 bridgehead atoms. The molecular weight excluding hydrogens is 221 g/mol. The number of hydrogen-bond donors (Lipinski definition) is 0. The molecule has 1 aromatic heterocycles. The van der Waals surface area contributed by atoms with Crippen LogP contribution in [-0.2, 0) is 11.7 Å². The highest BCUT2D eigenvalue weighted by Crippen LogP contribution is 2.33. The Morgan fingerprint density at radius 3 is 2.25 bits per heavy atom. The van der Waals surface area contributed by atoms with E-state index in [0.717, 1.165) is 6.07 Å². The summed E-state index contributed by atoms with van der Waals surface area (Å²) < 4.78 is 43.8. The predicted molar refractivity (Wildman–Crippen MR) is 53.4 cm³/mol. The Morgan fingerprint density at radius 2 is 1.88 bits per heavy atom. The normalized spacial score (nSPS) is 12.9. The Balaban J connectivity index is 3.21. The van der Waals surface area contributed by atoms with Crippen LogP contribution < -0.4 is 4.74 Å². The van der Waals surface area contributed by atoms with E-state index < -0.39 is 17.4 Å². The van der Waals surface area contributed by atoms with E-state index >= 15 is 0 Å². The molecule has 16 heavy (non-hydrogen) atoms. The fraction of sp³-hybridized carbons (Fsp3) is 0.700. The van der Waals surface area contributed by atoms with E-state index in [4.69, 9.17) is 4.74 Å². The van der Waals surface area contributed by atoms with Crippen LogP contribution in [0.15, 0.2) is 6.07 Å². The molecule has 0 aromatic carbocycles. The van der Waals surface area contributed by atoms with Gasteiger partial charge in [-0.3, -0.25) is 0 Å². The van der Waals surface area contributed by atoms with Gasteiger partial charge < -0.3 is 4.74 Å². The summed E-state index contributed by atoms with van der Waals surface area (Å²) in [5, 5.41) is 3.54. The molecule has 6 heteroatoms. The molecule has 0 N–H and O–H groups in total. The average molecular weight is 236 g/mol. The Labute approximate surface area is 92.2 Å². The summed E-state index contributed by atoms with van der Waals surface area (Å²) in [5.74, 6) is 0.141. The second kappa shape index (κ2) is 3.99. The van der Waals surface area contributed by atoms with Crippen LogP contribution in [0.3, 0.4) is 0 Å². The van der Waals surface area contributed by atoms with Crippen molar-refractivity contribution >= 4 is 0 Å². The highest BCUT2D eigenvalue weighted by Gasteiger charge is 2.36. The van der Waals surface area contributed by atoms with E-state index in [0.29, 0.717) is 6.61 Å². The zero-order valence-corrected chi connectivity index (χ0v) is 9.72. The fourth-order valence-corrected chi connectivity index (χ4v) is 1.23. The van der Waals surface area contributed by atoms with Crippen LogP contribution in [0.1, 0.15) is 33.4 Å². The molecule has 1 aromatic rings. The van der Waals surface area contributed by atoms with Gasteiger partial charge in [-0.05, 0) is 27.7 Å². The van der Waals surface area contributed by atoms with Gasteiger partial charge in [0.1, 0.15) is 0 Å². The lowest BCUT2D eigenvalue weighted by molar-refractivity contribution is -0.141. The quantitative estimate of drug-likeness (QED) is 0.789. The SMILES string of the molecule is CCOc1cc(C(F)(F)F)nn1C(C)(C)C. The van der Waals surface area contributed by atoms with E-state index in [1.165, 1.54) is 4.68 Å². The number of hydrogen-bond acceptors (Lipinski definition) is 2. The summed E-state index contributed by atoms with van der Waals surface area (Å²) in [4.78, 5) is 0. The Hall–Kier alpha value is -1.20. The molecule has 3 nitrogen and oxygen atoms in total. The second-order valence-corrected chi connectivity index (χ2v) is 4.38. The van der Waals surface area contributed by atoms with Crippen LogP contribution in [0.5, 0.6) is 5.88 Å². The number of halogens is 3. The summed E-state index contributed by atoms with van der Waals surface area (Å²) in [6.07, 6.45) is -4.44. The van der Waals surface area contributed by atoms with Crippen molar-refractivity contribution in [2.45, 2.75) is 39.4 Å². The molecule has 0 saturated carbocycles. The van der Waals surface area contributed by atoms with Gasteiger partial charge in [0.2, 0.25) is 5.88 Å². The van der Waals surface area contributed by atoms with Gasteiger partial charge in [0.25, 0.3) is 0 Å². The van der Waals surface area contributed by atoms with Gasteiger partial charge in [0.15, 0.2) is 5.69 Å². The van der Waals surface area contributed by atoms with Crippen molar-refractivity contribution in [3.63, 3.8) is 0 Å². The van der Waals surface area contributed by atoms with E-state index in [-0.39, 0.29) is 5.88 Å². The van der Waals surface area contributed by atoms with Crippen molar-refractivity contribution in [2.75, 3.05) is 6.61 Å². The molecule has 0 spiro atoms. The predicted octanol–water partition coefficient (Wildman–Crippen LogP) is 3.06. The molecule has 0 saturated heterocycles. The summed E-state index contributed by atoms with van der Waals surface area (Å²) in [6.45, 7) is 7.32. The van der Waals surface area contributed by atoms with Crippen LogP contribution in [0, 0.1) is 0 Å². The lowest BCUT2D eigenvalue weighted by atomic mass is 10.1. The van der Waals surface area contributed by atoms with Gasteiger partial charge in [-0.2, -0.15) is 18.3 Å². The number of aromatic nitrogens is 2. The fourth-order valence-electron chi connectivity index (χ4n) is 1.23. The lowest BCUT2D eigenvalue weighted by Crippen LogP contribution is -2.24. The van der Waals surface area contributed by atoms with Crippen molar-refractivity contribution in [3.8, 4) is 5.88 Å². The first kappa shape index (κ1) is 12.9. The van der Waals surface area contributed by atoms with Crippen LogP contribution in [0.25, 0.3) is 0 Å². The maximum absolute atomic E-state index is 12.5. The molecule has 0 radical (unpaired) electrons. The van der Waals surface area contributed by atoms with Crippen molar-refractivity contribution in [2.24, 2.45) is 0 Å². The third-order valence-electron chi connectivity index (χ3n) is 1.89. The molecule has 0 amide bonds. The Morgan fingerprint density at radius 1 is 1.31 bits per heavy atom. The highest BCUT2D eigenvalue weighted by molar-refractivity contribution is 5.20. The molecule has 1 heterocycles. The van der Waals surface area contributed by atoms with Crippen molar-refractivity contribution < 1.29 is 17.9 Å². The van der Waals surface area contributed by atoms with Gasteiger partial charge in [0.05, 0.1) is 12.1 Å². The molecule has 0 aliphatic carbocycles. The number of alkyl halides is 3. The van der Waals surface area contributed by atoms with E-state index in [2.05, 4.69) is 5.10 Å². The minimum absolute atomic E-state index is 0.141.